The van der Waals surface area contributed by atoms with E-state index in [2.05, 4.69) is 10.8 Å². The Bertz CT molecular complexity index is 283. The van der Waals surface area contributed by atoms with Crippen molar-refractivity contribution in [1.82, 2.24) is 10.8 Å². The van der Waals surface area contributed by atoms with Crippen molar-refractivity contribution in [3.8, 4) is 0 Å². The molecule has 2 amide bonds. The quantitative estimate of drug-likeness (QED) is 0.541. The van der Waals surface area contributed by atoms with Crippen LogP contribution in [0.3, 0.4) is 0 Å². The van der Waals surface area contributed by atoms with Crippen molar-refractivity contribution in [3.63, 3.8) is 0 Å². The van der Waals surface area contributed by atoms with Crippen LogP contribution in [-0.2, 0) is 14.4 Å². The first kappa shape index (κ1) is 10.4. The van der Waals surface area contributed by atoms with E-state index in [4.69, 9.17) is 10.6 Å². The summed E-state index contributed by atoms with van der Waals surface area (Å²) < 4.78 is 0. The highest BCUT2D eigenvalue weighted by Gasteiger charge is 2.44. The van der Waals surface area contributed by atoms with Gasteiger partial charge in [0, 0.05) is 6.54 Å². The van der Waals surface area contributed by atoms with Gasteiger partial charge in [-0.15, -0.1) is 0 Å². The summed E-state index contributed by atoms with van der Waals surface area (Å²) in [6.07, 6.45) is 2.65. The minimum atomic E-state index is -0.568. The van der Waals surface area contributed by atoms with Gasteiger partial charge in [-0.2, -0.15) is 0 Å². The van der Waals surface area contributed by atoms with Gasteiger partial charge in [0.25, 0.3) is 5.91 Å². The summed E-state index contributed by atoms with van der Waals surface area (Å²) in [6, 6.07) is -0.568. The molecule has 2 fully saturated rings. The van der Waals surface area contributed by atoms with Gasteiger partial charge >= 0.3 is 0 Å². The molecule has 1 heterocycles. The molecule has 4 N–H and O–H groups in total. The molecule has 0 radical (unpaired) electrons. The number of carbonyl (C=O) groups excluding carboxylic acids is 2. The zero-order valence-electron chi connectivity index (χ0n) is 8.41. The molecule has 1 aliphatic heterocycles. The number of hydrogen-bond acceptors (Lipinski definition) is 4. The second kappa shape index (κ2) is 3.79. The number of hydrogen-bond donors (Lipinski definition) is 3. The Hall–Kier alpha value is -1.14. The average Bonchev–Trinajstić information content (AvgIpc) is 2.51. The van der Waals surface area contributed by atoms with E-state index >= 15 is 0 Å². The molecule has 2 aliphatic rings. The van der Waals surface area contributed by atoms with Crippen molar-refractivity contribution in [2.24, 2.45) is 11.1 Å². The van der Waals surface area contributed by atoms with Crippen LogP contribution in [0.25, 0.3) is 0 Å². The highest BCUT2D eigenvalue weighted by Crippen LogP contribution is 2.40. The second-order valence-corrected chi connectivity index (χ2v) is 4.14. The lowest BCUT2D eigenvalue weighted by Gasteiger charge is -2.39. The largest absolute Gasteiger partial charge is 0.342 e. The first-order valence-corrected chi connectivity index (χ1v) is 5.11. The summed E-state index contributed by atoms with van der Waals surface area (Å²) in [5.74, 6) is -0.420. The zero-order chi connectivity index (χ0) is 10.9. The van der Waals surface area contributed by atoms with Crippen LogP contribution in [-0.4, -0.2) is 31.0 Å². The SMILES string of the molecule is NCC1(C(=O)N[C@@H]2CONC2=O)CCC1. The normalized spacial score (nSPS) is 28.1. The predicted octanol–water partition coefficient (Wildman–Crippen LogP) is -1.34. The molecule has 15 heavy (non-hydrogen) atoms. The minimum absolute atomic E-state index is 0.123. The molecule has 1 saturated carbocycles. The van der Waals surface area contributed by atoms with Crippen LogP contribution in [0, 0.1) is 5.41 Å². The van der Waals surface area contributed by atoms with E-state index in [1.165, 1.54) is 0 Å². The van der Waals surface area contributed by atoms with Gasteiger partial charge in [0.1, 0.15) is 12.6 Å². The summed E-state index contributed by atoms with van der Waals surface area (Å²) in [5, 5.41) is 2.67. The van der Waals surface area contributed by atoms with Crippen LogP contribution in [0.15, 0.2) is 0 Å². The summed E-state index contributed by atoms with van der Waals surface area (Å²) in [7, 11) is 0. The molecular weight excluding hydrogens is 198 g/mol. The van der Waals surface area contributed by atoms with E-state index in [-0.39, 0.29) is 18.4 Å². The third-order valence-electron chi connectivity index (χ3n) is 3.23. The number of amides is 2. The lowest BCUT2D eigenvalue weighted by molar-refractivity contribution is -0.138. The van der Waals surface area contributed by atoms with Crippen molar-refractivity contribution < 1.29 is 14.4 Å². The zero-order valence-corrected chi connectivity index (χ0v) is 8.41. The van der Waals surface area contributed by atoms with Crippen LogP contribution >= 0.6 is 0 Å². The van der Waals surface area contributed by atoms with Gasteiger partial charge in [0.15, 0.2) is 0 Å². The van der Waals surface area contributed by atoms with Gasteiger partial charge in [-0.05, 0) is 12.8 Å². The van der Waals surface area contributed by atoms with Crippen molar-refractivity contribution in [2.45, 2.75) is 25.3 Å². The molecule has 0 bridgehead atoms. The molecule has 6 heteroatoms. The predicted molar refractivity (Wildman–Crippen MR) is 51.4 cm³/mol. The molecule has 6 nitrogen and oxygen atoms in total. The Labute approximate surface area is 87.5 Å². The molecule has 0 aromatic heterocycles. The summed E-state index contributed by atoms with van der Waals surface area (Å²) in [6.45, 7) is 0.527. The van der Waals surface area contributed by atoms with Gasteiger partial charge in [-0.25, -0.2) is 5.48 Å². The van der Waals surface area contributed by atoms with Crippen LogP contribution in [0.1, 0.15) is 19.3 Å². The maximum Gasteiger partial charge on any atom is 0.268 e. The fraction of sp³-hybridized carbons (Fsp3) is 0.778. The van der Waals surface area contributed by atoms with Crippen LogP contribution < -0.4 is 16.5 Å². The summed E-state index contributed by atoms with van der Waals surface area (Å²) in [5.41, 5.74) is 7.34. The number of rotatable bonds is 3. The Morgan fingerprint density at radius 2 is 2.40 bits per heavy atom. The van der Waals surface area contributed by atoms with E-state index in [1.807, 2.05) is 0 Å². The molecular formula is C9H15N3O3. The van der Waals surface area contributed by atoms with Gasteiger partial charge in [0.2, 0.25) is 5.91 Å². The molecule has 1 saturated heterocycles. The van der Waals surface area contributed by atoms with E-state index < -0.39 is 11.5 Å². The molecule has 84 valence electrons. The molecule has 0 unspecified atom stereocenters. The fourth-order valence-electron chi connectivity index (χ4n) is 1.89. The molecule has 1 atom stereocenters. The van der Waals surface area contributed by atoms with Crippen LogP contribution in [0.4, 0.5) is 0 Å². The number of hydroxylamine groups is 1. The standard InChI is InChI=1S/C9H15N3O3/c10-5-9(2-1-3-9)8(14)11-6-4-15-12-7(6)13/h6H,1-5,10H2,(H,11,14)(H,12,13)/t6-/m1/s1. The lowest BCUT2D eigenvalue weighted by Crippen LogP contribution is -2.54. The minimum Gasteiger partial charge on any atom is -0.342 e. The molecule has 0 spiro atoms. The maximum atomic E-state index is 11.9. The first-order chi connectivity index (χ1) is 7.18. The highest BCUT2D eigenvalue weighted by atomic mass is 16.7. The van der Waals surface area contributed by atoms with Gasteiger partial charge in [-0.3, -0.25) is 14.4 Å². The molecule has 1 aliphatic carbocycles. The van der Waals surface area contributed by atoms with E-state index in [0.717, 1.165) is 19.3 Å². The third-order valence-corrected chi connectivity index (χ3v) is 3.23. The number of nitrogens with two attached hydrogens (primary N) is 1. The summed E-state index contributed by atoms with van der Waals surface area (Å²) >= 11 is 0. The van der Waals surface area contributed by atoms with E-state index in [1.54, 1.807) is 0 Å². The topological polar surface area (TPSA) is 93.5 Å². The lowest BCUT2D eigenvalue weighted by atomic mass is 9.68. The monoisotopic (exact) mass is 213 g/mol. The second-order valence-electron chi connectivity index (χ2n) is 4.14. The number of nitrogens with one attached hydrogen (secondary N) is 2. The maximum absolute atomic E-state index is 11.9. The van der Waals surface area contributed by atoms with Gasteiger partial charge in [-0.1, -0.05) is 6.42 Å². The smallest absolute Gasteiger partial charge is 0.268 e. The van der Waals surface area contributed by atoms with Crippen molar-refractivity contribution in [1.29, 1.82) is 0 Å². The Balaban J connectivity index is 1.94. The first-order valence-electron chi connectivity index (χ1n) is 5.11. The number of carbonyl (C=O) groups is 2. The van der Waals surface area contributed by atoms with Crippen molar-refractivity contribution >= 4 is 11.8 Å². The Morgan fingerprint density at radius 3 is 2.80 bits per heavy atom. The van der Waals surface area contributed by atoms with Crippen molar-refractivity contribution in [2.75, 3.05) is 13.2 Å². The summed E-state index contributed by atoms with van der Waals surface area (Å²) in [4.78, 5) is 27.7. The highest BCUT2D eigenvalue weighted by molar-refractivity contribution is 5.91. The third kappa shape index (κ3) is 1.70. The molecule has 0 aromatic rings. The average molecular weight is 213 g/mol. The molecule has 0 aromatic carbocycles. The molecule has 2 rings (SSSR count). The van der Waals surface area contributed by atoms with Gasteiger partial charge < -0.3 is 11.1 Å². The van der Waals surface area contributed by atoms with E-state index in [9.17, 15) is 9.59 Å². The van der Waals surface area contributed by atoms with Crippen LogP contribution in [0.5, 0.6) is 0 Å². The van der Waals surface area contributed by atoms with Crippen molar-refractivity contribution in [3.05, 3.63) is 0 Å². The van der Waals surface area contributed by atoms with Crippen LogP contribution in [0.2, 0.25) is 0 Å². The van der Waals surface area contributed by atoms with Gasteiger partial charge in [0.05, 0.1) is 5.41 Å². The fourth-order valence-corrected chi connectivity index (χ4v) is 1.89. The Morgan fingerprint density at radius 1 is 1.67 bits per heavy atom. The Kier molecular flexibility index (Phi) is 2.62. The van der Waals surface area contributed by atoms with E-state index in [0.29, 0.717) is 6.54 Å².